The molecule has 1 aromatic carbocycles. The molecule has 0 unspecified atom stereocenters. The fourth-order valence-corrected chi connectivity index (χ4v) is 1.64. The van der Waals surface area contributed by atoms with Crippen LogP contribution in [0.5, 0.6) is 5.75 Å². The maximum atomic E-state index is 10.0. The molecule has 0 saturated carbocycles. The summed E-state index contributed by atoms with van der Waals surface area (Å²) in [5.74, 6) is 0.569. The lowest BCUT2D eigenvalue weighted by Crippen LogP contribution is -2.36. The van der Waals surface area contributed by atoms with E-state index in [9.17, 15) is 10.2 Å². The van der Waals surface area contributed by atoms with Crippen molar-refractivity contribution < 1.29 is 14.9 Å². The molecule has 3 heteroatoms. The highest BCUT2D eigenvalue weighted by atomic mass is 16.6. The van der Waals surface area contributed by atoms with Crippen LogP contribution >= 0.6 is 0 Å². The molecule has 0 amide bonds. The summed E-state index contributed by atoms with van der Waals surface area (Å²) in [7, 11) is 0. The van der Waals surface area contributed by atoms with Crippen LogP contribution in [-0.2, 0) is 5.60 Å². The number of hydrogen-bond donors (Lipinski definition) is 2. The van der Waals surface area contributed by atoms with E-state index in [1.807, 2.05) is 19.1 Å². The van der Waals surface area contributed by atoms with E-state index in [1.54, 1.807) is 12.1 Å². The first-order valence-electron chi connectivity index (χ1n) is 4.35. The second-order valence-electron chi connectivity index (χ2n) is 3.24. The van der Waals surface area contributed by atoms with Crippen LogP contribution in [0.25, 0.3) is 0 Å². The van der Waals surface area contributed by atoms with Gasteiger partial charge in [0.1, 0.15) is 5.75 Å². The Morgan fingerprint density at radius 3 is 2.85 bits per heavy atom. The van der Waals surface area contributed by atoms with E-state index in [2.05, 4.69) is 0 Å². The van der Waals surface area contributed by atoms with Gasteiger partial charge in [0.25, 0.3) is 0 Å². The molecule has 0 saturated heterocycles. The van der Waals surface area contributed by atoms with Gasteiger partial charge in [-0.2, -0.15) is 0 Å². The summed E-state index contributed by atoms with van der Waals surface area (Å²) < 4.78 is 5.12. The Bertz CT molecular complexity index is 324. The second-order valence-corrected chi connectivity index (χ2v) is 3.24. The third-order valence-electron chi connectivity index (χ3n) is 2.54. The molecule has 1 aliphatic rings. The van der Waals surface area contributed by atoms with Gasteiger partial charge < -0.3 is 14.9 Å². The van der Waals surface area contributed by atoms with Gasteiger partial charge in [-0.1, -0.05) is 25.1 Å². The molecule has 3 nitrogen and oxygen atoms in total. The summed E-state index contributed by atoms with van der Waals surface area (Å²) in [6.07, 6.45) is -0.708. The topological polar surface area (TPSA) is 49.7 Å². The van der Waals surface area contributed by atoms with Crippen LogP contribution in [0.3, 0.4) is 0 Å². The minimum atomic E-state index is -1.24. The van der Waals surface area contributed by atoms with Crippen molar-refractivity contribution in [1.29, 1.82) is 0 Å². The summed E-state index contributed by atoms with van der Waals surface area (Å²) >= 11 is 0. The molecular weight excluding hydrogens is 168 g/mol. The van der Waals surface area contributed by atoms with E-state index in [4.69, 9.17) is 4.74 Å². The van der Waals surface area contributed by atoms with Gasteiger partial charge in [-0.15, -0.1) is 0 Å². The molecule has 0 aromatic heterocycles. The molecule has 2 atom stereocenters. The number of benzene rings is 1. The molecule has 70 valence electrons. The first-order valence-corrected chi connectivity index (χ1v) is 4.35. The zero-order valence-electron chi connectivity index (χ0n) is 7.40. The fourth-order valence-electron chi connectivity index (χ4n) is 1.64. The zero-order chi connectivity index (χ0) is 9.47. The lowest BCUT2D eigenvalue weighted by atomic mass is 9.92. The number of fused-ring (bicyclic) bond motifs is 1. The highest BCUT2D eigenvalue weighted by Gasteiger charge is 2.45. The number of para-hydroxylation sites is 1. The molecule has 1 aliphatic heterocycles. The van der Waals surface area contributed by atoms with Crippen LogP contribution in [0.4, 0.5) is 0 Å². The van der Waals surface area contributed by atoms with E-state index >= 15 is 0 Å². The molecular formula is C10H12O3. The largest absolute Gasteiger partial charge is 0.461 e. The number of ether oxygens (including phenoxy) is 1. The number of aliphatic hydroxyl groups excluding tert-OH is 1. The third kappa shape index (κ3) is 1.04. The molecule has 1 aromatic rings. The van der Waals surface area contributed by atoms with Gasteiger partial charge in [0.2, 0.25) is 6.29 Å². The minimum absolute atomic E-state index is 0.436. The van der Waals surface area contributed by atoms with E-state index in [1.165, 1.54) is 0 Å². The molecule has 0 fully saturated rings. The van der Waals surface area contributed by atoms with Crippen molar-refractivity contribution in [2.75, 3.05) is 0 Å². The Labute approximate surface area is 76.6 Å². The standard InChI is InChI=1S/C10H12O3/c1-2-10(12)7-5-3-4-6-8(7)13-9(10)11/h3-6,9,11-12H,2H2,1H3/t9-,10+/m0/s1. The van der Waals surface area contributed by atoms with Crippen molar-refractivity contribution in [3.05, 3.63) is 29.8 Å². The van der Waals surface area contributed by atoms with Gasteiger partial charge >= 0.3 is 0 Å². The smallest absolute Gasteiger partial charge is 0.230 e. The Hall–Kier alpha value is -1.06. The van der Waals surface area contributed by atoms with E-state index in [-0.39, 0.29) is 0 Å². The summed E-state index contributed by atoms with van der Waals surface area (Å²) in [6.45, 7) is 1.81. The Kier molecular flexibility index (Phi) is 1.78. The molecule has 13 heavy (non-hydrogen) atoms. The van der Waals surface area contributed by atoms with Crippen LogP contribution in [0.15, 0.2) is 24.3 Å². The van der Waals surface area contributed by atoms with Crippen molar-refractivity contribution in [3.8, 4) is 5.75 Å². The second kappa shape index (κ2) is 2.72. The molecule has 0 radical (unpaired) electrons. The van der Waals surface area contributed by atoms with Crippen LogP contribution in [0, 0.1) is 0 Å². The summed E-state index contributed by atoms with van der Waals surface area (Å²) in [5, 5.41) is 19.5. The van der Waals surface area contributed by atoms with Crippen molar-refractivity contribution >= 4 is 0 Å². The van der Waals surface area contributed by atoms with Crippen molar-refractivity contribution in [2.24, 2.45) is 0 Å². The monoisotopic (exact) mass is 180 g/mol. The third-order valence-corrected chi connectivity index (χ3v) is 2.54. The maximum absolute atomic E-state index is 10.0. The van der Waals surface area contributed by atoms with E-state index < -0.39 is 11.9 Å². The van der Waals surface area contributed by atoms with Gasteiger partial charge in [0.05, 0.1) is 0 Å². The maximum Gasteiger partial charge on any atom is 0.230 e. The lowest BCUT2D eigenvalue weighted by Gasteiger charge is -2.23. The Morgan fingerprint density at radius 2 is 2.15 bits per heavy atom. The summed E-state index contributed by atoms with van der Waals surface area (Å²) in [5.41, 5.74) is -0.568. The van der Waals surface area contributed by atoms with Gasteiger partial charge in [-0.25, -0.2) is 0 Å². The molecule has 1 heterocycles. The fraction of sp³-hybridized carbons (Fsp3) is 0.400. The predicted molar refractivity (Wildman–Crippen MR) is 47.3 cm³/mol. The highest BCUT2D eigenvalue weighted by molar-refractivity contribution is 5.42. The lowest BCUT2D eigenvalue weighted by molar-refractivity contribution is -0.153. The van der Waals surface area contributed by atoms with Crippen molar-refractivity contribution in [2.45, 2.75) is 25.2 Å². The van der Waals surface area contributed by atoms with Crippen LogP contribution in [0.1, 0.15) is 18.9 Å². The zero-order valence-corrected chi connectivity index (χ0v) is 7.40. The van der Waals surface area contributed by atoms with Crippen LogP contribution < -0.4 is 4.74 Å². The SMILES string of the molecule is CC[C@@]1(O)c2ccccc2O[C@@H]1O. The number of hydrogen-bond acceptors (Lipinski definition) is 3. The summed E-state index contributed by atoms with van der Waals surface area (Å²) in [4.78, 5) is 0. The first kappa shape index (κ1) is 8.53. The van der Waals surface area contributed by atoms with Gasteiger partial charge in [0, 0.05) is 5.56 Å². The first-order chi connectivity index (χ1) is 6.18. The molecule has 2 rings (SSSR count). The Balaban J connectivity index is 2.52. The summed E-state index contributed by atoms with van der Waals surface area (Å²) in [6, 6.07) is 7.15. The molecule has 0 bridgehead atoms. The highest BCUT2D eigenvalue weighted by Crippen LogP contribution is 2.41. The van der Waals surface area contributed by atoms with E-state index in [0.29, 0.717) is 17.7 Å². The van der Waals surface area contributed by atoms with Crippen LogP contribution in [0.2, 0.25) is 0 Å². The normalized spacial score (nSPS) is 31.2. The average molecular weight is 180 g/mol. The van der Waals surface area contributed by atoms with Gasteiger partial charge in [-0.05, 0) is 12.5 Å². The van der Waals surface area contributed by atoms with Gasteiger partial charge in [-0.3, -0.25) is 0 Å². The molecule has 0 spiro atoms. The van der Waals surface area contributed by atoms with E-state index in [0.717, 1.165) is 0 Å². The van der Waals surface area contributed by atoms with Crippen molar-refractivity contribution in [3.63, 3.8) is 0 Å². The van der Waals surface area contributed by atoms with Gasteiger partial charge in [0.15, 0.2) is 5.60 Å². The Morgan fingerprint density at radius 1 is 1.46 bits per heavy atom. The minimum Gasteiger partial charge on any atom is -0.461 e. The molecule has 2 N–H and O–H groups in total. The predicted octanol–water partition coefficient (Wildman–Crippen LogP) is 0.995. The van der Waals surface area contributed by atoms with Crippen LogP contribution in [-0.4, -0.2) is 16.5 Å². The number of aliphatic hydroxyl groups is 2. The number of rotatable bonds is 1. The average Bonchev–Trinajstić information content (AvgIpc) is 2.41. The molecule has 0 aliphatic carbocycles. The van der Waals surface area contributed by atoms with Crippen molar-refractivity contribution in [1.82, 2.24) is 0 Å². The quantitative estimate of drug-likeness (QED) is 0.677.